The quantitative estimate of drug-likeness (QED) is 0.403. The Bertz CT molecular complexity index is 1140. The highest BCUT2D eigenvalue weighted by Gasteiger charge is 2.48. The summed E-state index contributed by atoms with van der Waals surface area (Å²) in [6.45, 7) is 3.63. The molecule has 0 unspecified atom stereocenters. The fourth-order valence-electron chi connectivity index (χ4n) is 3.24. The Kier molecular flexibility index (Phi) is 4.71. The Hall–Kier alpha value is -3.39. The van der Waals surface area contributed by atoms with Crippen molar-refractivity contribution in [3.63, 3.8) is 0 Å². The Morgan fingerprint density at radius 1 is 1.03 bits per heavy atom. The molecule has 1 atom stereocenters. The number of aliphatic hydroxyl groups is 1. The van der Waals surface area contributed by atoms with E-state index in [1.54, 1.807) is 31.2 Å². The van der Waals surface area contributed by atoms with E-state index in [0.717, 1.165) is 16.9 Å². The third-order valence-corrected chi connectivity index (χ3v) is 5.51. The van der Waals surface area contributed by atoms with Gasteiger partial charge < -0.3 is 5.11 Å². The van der Waals surface area contributed by atoms with Crippen LogP contribution in [0.3, 0.4) is 0 Å². The number of carbonyl (C=O) groups excluding carboxylic acids is 2. The van der Waals surface area contributed by atoms with Crippen LogP contribution in [0.2, 0.25) is 0 Å². The van der Waals surface area contributed by atoms with Gasteiger partial charge in [-0.3, -0.25) is 14.5 Å². The van der Waals surface area contributed by atoms with Crippen LogP contribution in [0.5, 0.6) is 0 Å². The zero-order valence-corrected chi connectivity index (χ0v) is 16.4. The molecule has 6 nitrogen and oxygen atoms in total. The number of ketones is 1. The Morgan fingerprint density at radius 2 is 1.69 bits per heavy atom. The minimum atomic E-state index is -0.941. The third-order valence-electron chi connectivity index (χ3n) is 4.68. The van der Waals surface area contributed by atoms with Crippen LogP contribution in [0.1, 0.15) is 27.7 Å². The zero-order valence-electron chi connectivity index (χ0n) is 15.6. The van der Waals surface area contributed by atoms with Crippen molar-refractivity contribution in [2.45, 2.75) is 19.9 Å². The lowest BCUT2D eigenvalue weighted by molar-refractivity contribution is -0.132. The van der Waals surface area contributed by atoms with E-state index in [1.807, 2.05) is 6.92 Å². The second-order valence-electron chi connectivity index (χ2n) is 6.69. The second-order valence-corrected chi connectivity index (χ2v) is 7.85. The van der Waals surface area contributed by atoms with Crippen LogP contribution in [0, 0.1) is 19.7 Å². The number of aromatic nitrogens is 2. The fraction of sp³-hybridized carbons (Fsp3) is 0.143. The molecule has 0 bridgehead atoms. The molecule has 0 aliphatic carbocycles. The summed E-state index contributed by atoms with van der Waals surface area (Å²) in [7, 11) is 0. The lowest BCUT2D eigenvalue weighted by Gasteiger charge is -2.22. The second kappa shape index (κ2) is 7.21. The maximum absolute atomic E-state index is 13.5. The summed E-state index contributed by atoms with van der Waals surface area (Å²) >= 11 is 1.16. The van der Waals surface area contributed by atoms with Gasteiger partial charge in [-0.05, 0) is 31.5 Å². The van der Waals surface area contributed by atoms with Crippen LogP contribution in [0.4, 0.5) is 9.52 Å². The number of Topliss-reactive ketones (excluding diaryl/α,β-unsaturated/α-hetero) is 1. The number of rotatable bonds is 3. The molecular weight excluding hydrogens is 393 g/mol. The van der Waals surface area contributed by atoms with Gasteiger partial charge in [-0.15, -0.1) is 10.2 Å². The van der Waals surface area contributed by atoms with E-state index in [9.17, 15) is 19.1 Å². The number of nitrogens with zero attached hydrogens (tertiary/aromatic N) is 3. The molecule has 2 heterocycles. The van der Waals surface area contributed by atoms with Crippen LogP contribution < -0.4 is 4.90 Å². The van der Waals surface area contributed by atoms with Gasteiger partial charge in [0, 0.05) is 5.56 Å². The van der Waals surface area contributed by atoms with Gasteiger partial charge in [-0.1, -0.05) is 53.3 Å². The molecule has 2 aromatic carbocycles. The van der Waals surface area contributed by atoms with Crippen LogP contribution in [-0.4, -0.2) is 27.0 Å². The Labute approximate surface area is 169 Å². The standard InChI is InChI=1S/C21H16FN3O3S/c1-11-3-5-14(6-4-11)18(26)16-17(13-7-9-15(22)10-8-13)25(20(28)19(16)27)21-24-23-12(2)29-21/h3-10,17,26H,1-2H3/t17-/m1/s1. The topological polar surface area (TPSA) is 83.4 Å². The Balaban J connectivity index is 1.93. The summed E-state index contributed by atoms with van der Waals surface area (Å²) in [5, 5.41) is 19.7. The fourth-order valence-corrected chi connectivity index (χ4v) is 3.95. The number of anilines is 1. The number of hydrogen-bond acceptors (Lipinski definition) is 6. The number of benzene rings is 2. The first-order valence-electron chi connectivity index (χ1n) is 8.80. The number of aryl methyl sites for hydroxylation is 2. The number of halogens is 1. The van der Waals surface area contributed by atoms with Crippen LogP contribution in [0.25, 0.3) is 5.76 Å². The number of carbonyl (C=O) groups is 2. The minimum absolute atomic E-state index is 0.0710. The predicted molar refractivity (Wildman–Crippen MR) is 107 cm³/mol. The highest BCUT2D eigenvalue weighted by Crippen LogP contribution is 2.42. The van der Waals surface area contributed by atoms with Gasteiger partial charge in [-0.2, -0.15) is 0 Å². The molecular formula is C21H16FN3O3S. The molecule has 1 amide bonds. The lowest BCUT2D eigenvalue weighted by atomic mass is 9.95. The molecule has 1 saturated heterocycles. The highest BCUT2D eigenvalue weighted by molar-refractivity contribution is 7.15. The first-order valence-corrected chi connectivity index (χ1v) is 9.62. The summed E-state index contributed by atoms with van der Waals surface area (Å²) in [6, 6.07) is 11.5. The van der Waals surface area contributed by atoms with Gasteiger partial charge >= 0.3 is 5.91 Å². The van der Waals surface area contributed by atoms with E-state index in [4.69, 9.17) is 0 Å². The molecule has 0 radical (unpaired) electrons. The molecule has 1 aliphatic rings. The molecule has 3 aromatic rings. The van der Waals surface area contributed by atoms with Gasteiger partial charge in [0.1, 0.15) is 16.6 Å². The van der Waals surface area contributed by atoms with Gasteiger partial charge in [0.25, 0.3) is 5.78 Å². The molecule has 146 valence electrons. The van der Waals surface area contributed by atoms with Crippen molar-refractivity contribution < 1.29 is 19.1 Å². The van der Waals surface area contributed by atoms with Crippen LogP contribution >= 0.6 is 11.3 Å². The van der Waals surface area contributed by atoms with E-state index in [0.29, 0.717) is 16.1 Å². The molecule has 1 N–H and O–H groups in total. The predicted octanol–water partition coefficient (Wildman–Crippen LogP) is 3.92. The van der Waals surface area contributed by atoms with Crippen LogP contribution in [-0.2, 0) is 9.59 Å². The van der Waals surface area contributed by atoms with Crippen molar-refractivity contribution in [3.05, 3.63) is 81.6 Å². The summed E-state index contributed by atoms with van der Waals surface area (Å²) in [5.41, 5.74) is 1.81. The summed E-state index contributed by atoms with van der Waals surface area (Å²) in [4.78, 5) is 27.0. The zero-order chi connectivity index (χ0) is 20.7. The largest absolute Gasteiger partial charge is 0.507 e. The third kappa shape index (κ3) is 3.31. The van der Waals surface area contributed by atoms with Gasteiger partial charge in [-0.25, -0.2) is 4.39 Å². The van der Waals surface area contributed by atoms with Gasteiger partial charge in [0.2, 0.25) is 5.13 Å². The van der Waals surface area contributed by atoms with Crippen molar-refractivity contribution >= 4 is 33.9 Å². The minimum Gasteiger partial charge on any atom is -0.507 e. The Morgan fingerprint density at radius 3 is 2.28 bits per heavy atom. The number of amides is 1. The molecule has 0 saturated carbocycles. The highest BCUT2D eigenvalue weighted by atomic mass is 32.1. The van der Waals surface area contributed by atoms with Crippen molar-refractivity contribution in [1.82, 2.24) is 10.2 Å². The summed E-state index contributed by atoms with van der Waals surface area (Å²) < 4.78 is 13.5. The molecule has 8 heteroatoms. The van der Waals surface area contributed by atoms with E-state index in [1.165, 1.54) is 29.2 Å². The molecule has 1 aromatic heterocycles. The van der Waals surface area contributed by atoms with Gasteiger partial charge in [0.15, 0.2) is 0 Å². The SMILES string of the molecule is Cc1ccc(C(O)=C2C(=O)C(=O)N(c3nnc(C)s3)[C@@H]2c2ccc(F)cc2)cc1. The van der Waals surface area contributed by atoms with Crippen LogP contribution in [0.15, 0.2) is 54.1 Å². The summed E-state index contributed by atoms with van der Waals surface area (Å²) in [5.74, 6) is -2.38. The average molecular weight is 409 g/mol. The van der Waals surface area contributed by atoms with E-state index in [2.05, 4.69) is 10.2 Å². The van der Waals surface area contributed by atoms with Crippen molar-refractivity contribution in [3.8, 4) is 0 Å². The van der Waals surface area contributed by atoms with Gasteiger partial charge in [0.05, 0.1) is 11.6 Å². The first-order chi connectivity index (χ1) is 13.9. The summed E-state index contributed by atoms with van der Waals surface area (Å²) in [6.07, 6.45) is 0. The number of hydrogen-bond donors (Lipinski definition) is 1. The first kappa shape index (κ1) is 18.9. The van der Waals surface area contributed by atoms with E-state index in [-0.39, 0.29) is 16.5 Å². The number of aliphatic hydroxyl groups excluding tert-OH is 1. The molecule has 4 rings (SSSR count). The molecule has 1 fully saturated rings. The van der Waals surface area contributed by atoms with E-state index < -0.39 is 23.5 Å². The van der Waals surface area contributed by atoms with Crippen molar-refractivity contribution in [1.29, 1.82) is 0 Å². The van der Waals surface area contributed by atoms with E-state index >= 15 is 0 Å². The molecule has 0 spiro atoms. The smallest absolute Gasteiger partial charge is 0.301 e. The molecule has 29 heavy (non-hydrogen) atoms. The normalized spacial score (nSPS) is 18.4. The van der Waals surface area contributed by atoms with Crippen molar-refractivity contribution in [2.24, 2.45) is 0 Å². The monoisotopic (exact) mass is 409 g/mol. The lowest BCUT2D eigenvalue weighted by Crippen LogP contribution is -2.29. The van der Waals surface area contributed by atoms with Crippen molar-refractivity contribution in [2.75, 3.05) is 4.90 Å². The average Bonchev–Trinajstić information content (AvgIpc) is 3.24. The maximum atomic E-state index is 13.5. The maximum Gasteiger partial charge on any atom is 0.301 e. The molecule has 1 aliphatic heterocycles.